The van der Waals surface area contributed by atoms with Crippen molar-refractivity contribution >= 4 is 0 Å². The Morgan fingerprint density at radius 2 is 0.581 bits per heavy atom. The molecule has 2 aliphatic carbocycles. The van der Waals surface area contributed by atoms with Crippen molar-refractivity contribution < 1.29 is 160 Å². The maximum absolute atomic E-state index is 13.3. The summed E-state index contributed by atoms with van der Waals surface area (Å²) < 4.78 is 26.5. The van der Waals surface area contributed by atoms with Crippen LogP contribution in [0.25, 0.3) is 78.8 Å². The molecule has 10 atom stereocenters. The summed E-state index contributed by atoms with van der Waals surface area (Å²) in [6.45, 7) is 28.7. The standard InChI is InChI=1S/C20H15F2N2.C20H17N2.C14H15N2.C12H11N2.C11H9N2.5C5H12O2.5Ir/c21-15-9-5-13(6-10-15)19-20(14-7-11-16(22)12-8-14)24-18-4-2-1-3-17(18)23-19;1-3-9-15(10-4-1)19-20(16-11-5-2-6-12-16)22-18-14-8-7-13-17(18)21-19;1-10(2)13-9-15-14(11(3)16-13)12-7-5-4-6-8-12;1-9-8-13-12(10(2)14-9)11-6-4-3-5-7-11;1-9-11(13-8-7-12-9)10-5-3-2-4-6-10;5*1-4(6)3-5(2)7;;;;;/h5-7,9-12H,1-4H2;1-6,9-11H,7-8,13-14H2;4-7,9-10H,1-3H3;3-6,8H,1-2H3;2-5,7-8H,1H3;5*4-7H,3H2,1-2H3;;;;;/q5*-1;;;;;;;;;;. The summed E-state index contributed by atoms with van der Waals surface area (Å²) in [4.78, 5) is 45.8. The van der Waals surface area contributed by atoms with Crippen molar-refractivity contribution in [2.24, 2.45) is 0 Å². The molecule has 709 valence electrons. The van der Waals surface area contributed by atoms with Crippen molar-refractivity contribution in [2.75, 3.05) is 0 Å². The van der Waals surface area contributed by atoms with Gasteiger partial charge in [-0.1, -0.05) is 56.3 Å². The van der Waals surface area contributed by atoms with Crippen molar-refractivity contribution in [1.82, 2.24) is 49.8 Å². The summed E-state index contributed by atoms with van der Waals surface area (Å²) in [6.07, 6.45) is 14.2. The molecule has 0 saturated carbocycles. The number of aliphatic hydroxyl groups is 10. The fourth-order valence-corrected chi connectivity index (χ4v) is 12.7. The number of rotatable bonds is 18. The monoisotopic (exact) mass is 2650 g/mol. The first kappa shape index (κ1) is 122. The van der Waals surface area contributed by atoms with Gasteiger partial charge in [-0.25, -0.2) is 4.39 Å². The van der Waals surface area contributed by atoms with Gasteiger partial charge in [0.2, 0.25) is 0 Å². The maximum atomic E-state index is 13.3. The van der Waals surface area contributed by atoms with E-state index in [1.165, 1.54) is 42.8 Å². The molecule has 20 nitrogen and oxygen atoms in total. The molecule has 10 unspecified atom stereocenters. The minimum Gasteiger partial charge on any atom is -0.393 e. The molecule has 0 fully saturated rings. The third-order valence-electron chi connectivity index (χ3n) is 18.2. The van der Waals surface area contributed by atoms with E-state index in [1.54, 1.807) is 106 Å². The molecule has 10 N–H and O–H groups in total. The molecule has 0 amide bonds. The van der Waals surface area contributed by atoms with Crippen LogP contribution in [0.4, 0.5) is 8.78 Å². The van der Waals surface area contributed by atoms with E-state index in [2.05, 4.69) is 104 Å². The molecule has 7 aromatic carbocycles. The smallest absolute Gasteiger partial charge is 0.123 e. The third kappa shape index (κ3) is 48.2. The van der Waals surface area contributed by atoms with Crippen LogP contribution in [0.15, 0.2) is 195 Å². The Bertz CT molecular complexity index is 4700. The van der Waals surface area contributed by atoms with Crippen molar-refractivity contribution in [2.45, 2.75) is 261 Å². The SMILES string of the molecule is CC(O)CC(C)O.CC(O)CC(C)O.CC(O)CC(C)O.CC(O)CC(C)O.CC(O)CC(C)O.Cc1cnc(-c2[c-]cccc2)c(C)n1.Cc1nc(C(C)C)cnc1-c1[c-]cccc1.Cc1nccnc1-c1[c-]cccc1.Fc1c[c-]c(-c2nc3c(nc2-c2ccc(F)cc2)CCCC3)cc1.[Ir].[Ir].[Ir].[Ir].[Ir].[c-]1ccccc1-c1nc2c(nc1-c1ccccc1)CCCC2. The molecular weight excluding hydrogens is 2520 g/mol. The maximum Gasteiger partial charge on any atom is 0.123 e. The van der Waals surface area contributed by atoms with Crippen molar-refractivity contribution in [1.29, 1.82) is 0 Å². The fourth-order valence-electron chi connectivity index (χ4n) is 12.7. The van der Waals surface area contributed by atoms with Gasteiger partial charge < -0.3 is 66.0 Å². The zero-order valence-electron chi connectivity index (χ0n) is 76.4. The van der Waals surface area contributed by atoms with E-state index in [4.69, 9.17) is 71.0 Å². The summed E-state index contributed by atoms with van der Waals surface area (Å²) in [5, 5.41) is 85.6. The predicted molar refractivity (Wildman–Crippen MR) is 489 cm³/mol. The van der Waals surface area contributed by atoms with Crippen LogP contribution in [0.3, 0.4) is 0 Å². The molecular formula is C102H127F2Ir5N10O10-5. The molecule has 0 aliphatic heterocycles. The van der Waals surface area contributed by atoms with Gasteiger partial charge in [-0.2, -0.15) is 0 Å². The quantitative estimate of drug-likeness (QED) is 0.0357. The minimum atomic E-state index is -0.375. The number of aliphatic hydroxyl groups excluding tert-OH is 10. The first-order valence-electron chi connectivity index (χ1n) is 42.5. The number of halogens is 2. The van der Waals surface area contributed by atoms with Crippen LogP contribution in [0.1, 0.15) is 198 Å². The molecule has 2 aliphatic rings. The molecule has 12 aromatic rings. The van der Waals surface area contributed by atoms with Crippen LogP contribution in [0.2, 0.25) is 0 Å². The topological polar surface area (TPSA) is 331 Å². The Labute approximate surface area is 831 Å². The van der Waals surface area contributed by atoms with Crippen LogP contribution in [0, 0.1) is 69.7 Å². The third-order valence-corrected chi connectivity index (χ3v) is 18.2. The van der Waals surface area contributed by atoms with Crippen molar-refractivity contribution in [3.63, 3.8) is 0 Å². The van der Waals surface area contributed by atoms with E-state index in [0.29, 0.717) is 55.0 Å². The number of aryl methyl sites for hydroxylation is 8. The van der Waals surface area contributed by atoms with Gasteiger partial charge in [0.15, 0.2) is 0 Å². The van der Waals surface area contributed by atoms with E-state index in [0.717, 1.165) is 146 Å². The second-order valence-electron chi connectivity index (χ2n) is 31.4. The Kier molecular flexibility index (Phi) is 63.1. The molecule has 129 heavy (non-hydrogen) atoms. The van der Waals surface area contributed by atoms with Gasteiger partial charge in [0, 0.05) is 177 Å². The fraction of sp³-hybridized carbons (Fsp3) is 0.392. The van der Waals surface area contributed by atoms with Gasteiger partial charge in [0.1, 0.15) is 5.82 Å². The van der Waals surface area contributed by atoms with Crippen molar-refractivity contribution in [3.05, 3.63) is 288 Å². The number of fused-ring (bicyclic) bond motifs is 2. The molecule has 14 rings (SSSR count). The van der Waals surface area contributed by atoms with Gasteiger partial charge in [0.05, 0.1) is 107 Å². The Hall–Kier alpha value is -7.35. The number of aromatic nitrogens is 10. The average molecular weight is 2650 g/mol. The number of hydrogen-bond donors (Lipinski definition) is 10. The number of hydrogen-bond acceptors (Lipinski definition) is 20. The second kappa shape index (κ2) is 66.9. The van der Waals surface area contributed by atoms with Crippen LogP contribution >= 0.6 is 0 Å². The number of benzene rings is 7. The van der Waals surface area contributed by atoms with E-state index in [-0.39, 0.29) is 173 Å². The van der Waals surface area contributed by atoms with Gasteiger partial charge >= 0.3 is 0 Å². The summed E-state index contributed by atoms with van der Waals surface area (Å²) in [7, 11) is 0. The van der Waals surface area contributed by atoms with E-state index in [1.807, 2.05) is 131 Å². The molecule has 5 radical (unpaired) electrons. The summed E-state index contributed by atoms with van der Waals surface area (Å²) in [6, 6.07) is 68.0. The van der Waals surface area contributed by atoms with E-state index >= 15 is 0 Å². The largest absolute Gasteiger partial charge is 0.393 e. The summed E-state index contributed by atoms with van der Waals surface area (Å²) >= 11 is 0. The van der Waals surface area contributed by atoms with Crippen LogP contribution in [-0.4, -0.2) is 162 Å². The molecule has 0 bridgehead atoms. The molecule has 0 saturated heterocycles. The van der Waals surface area contributed by atoms with Crippen LogP contribution in [-0.2, 0) is 126 Å². The Balaban J connectivity index is 0.00000146. The van der Waals surface area contributed by atoms with Gasteiger partial charge in [-0.05, 0) is 210 Å². The zero-order chi connectivity index (χ0) is 91.2. The number of nitrogens with zero attached hydrogens (tertiary/aromatic N) is 10. The summed E-state index contributed by atoms with van der Waals surface area (Å²) in [5.74, 6) is -0.215. The first-order chi connectivity index (χ1) is 59.1. The van der Waals surface area contributed by atoms with Gasteiger partial charge in [-0.3, -0.25) is 39.3 Å². The second-order valence-corrected chi connectivity index (χ2v) is 31.4. The predicted octanol–water partition coefficient (Wildman–Crippen LogP) is 18.1. The summed E-state index contributed by atoms with van der Waals surface area (Å²) in [5.41, 5.74) is 21.8. The van der Waals surface area contributed by atoms with Crippen LogP contribution < -0.4 is 0 Å². The zero-order valence-corrected chi connectivity index (χ0v) is 88.4. The molecule has 5 aromatic heterocycles. The van der Waals surface area contributed by atoms with Crippen LogP contribution in [0.5, 0.6) is 0 Å². The Morgan fingerprint density at radius 3 is 0.876 bits per heavy atom. The van der Waals surface area contributed by atoms with Crippen molar-refractivity contribution in [3.8, 4) is 78.8 Å². The molecule has 27 heteroatoms. The first-order valence-corrected chi connectivity index (χ1v) is 42.5. The molecule has 0 spiro atoms. The van der Waals surface area contributed by atoms with Gasteiger partial charge in [0.25, 0.3) is 0 Å². The normalized spacial score (nSPS) is 13.4. The van der Waals surface area contributed by atoms with E-state index < -0.39 is 0 Å². The molecule has 5 heterocycles. The minimum absolute atomic E-state index is 0. The van der Waals surface area contributed by atoms with Gasteiger partial charge in [-0.15, -0.1) is 173 Å². The van der Waals surface area contributed by atoms with E-state index in [9.17, 15) is 8.78 Å². The average Bonchev–Trinajstić information content (AvgIpc) is 0.786. The Morgan fingerprint density at radius 1 is 0.287 bits per heavy atom.